The zero-order valence-corrected chi connectivity index (χ0v) is 21.0. The van der Waals surface area contributed by atoms with Crippen molar-refractivity contribution in [2.75, 3.05) is 52.9 Å². The maximum Gasteiger partial charge on any atom is 0.303 e. The summed E-state index contributed by atoms with van der Waals surface area (Å²) < 4.78 is 15.0. The van der Waals surface area contributed by atoms with E-state index in [9.17, 15) is 9.59 Å². The van der Waals surface area contributed by atoms with Crippen LogP contribution in [0, 0.1) is 0 Å². The maximum atomic E-state index is 10.0. The molecule has 0 atom stereocenters. The van der Waals surface area contributed by atoms with Gasteiger partial charge in [0.05, 0.1) is 52.9 Å². The van der Waals surface area contributed by atoms with E-state index in [1.54, 1.807) is 0 Å². The van der Waals surface area contributed by atoms with Gasteiger partial charge >= 0.3 is 11.9 Å². The van der Waals surface area contributed by atoms with Gasteiger partial charge in [0.1, 0.15) is 0 Å². The second-order valence-electron chi connectivity index (χ2n) is 7.40. The van der Waals surface area contributed by atoms with Crippen LogP contribution in [-0.2, 0) is 23.8 Å². The SMILES string of the molecule is CCCCCCCC(=O)O.CCCCCCCC(=O)O.OCCOCCOCCOCCO. The summed E-state index contributed by atoms with van der Waals surface area (Å²) in [6.45, 7) is 7.06. The summed E-state index contributed by atoms with van der Waals surface area (Å²) in [5.41, 5.74) is 0. The Kier molecular flexibility index (Phi) is 38.9. The van der Waals surface area contributed by atoms with Crippen molar-refractivity contribution < 1.29 is 44.2 Å². The molecule has 0 aromatic carbocycles. The Bertz CT molecular complexity index is 345. The van der Waals surface area contributed by atoms with E-state index in [1.165, 1.54) is 38.5 Å². The van der Waals surface area contributed by atoms with E-state index < -0.39 is 11.9 Å². The van der Waals surface area contributed by atoms with Crippen molar-refractivity contribution in [3.8, 4) is 0 Å². The van der Waals surface area contributed by atoms with Gasteiger partial charge in [0.25, 0.3) is 0 Å². The first kappa shape index (κ1) is 36.3. The van der Waals surface area contributed by atoms with E-state index in [4.69, 9.17) is 34.6 Å². The lowest BCUT2D eigenvalue weighted by atomic mass is 10.1. The van der Waals surface area contributed by atoms with Crippen molar-refractivity contribution in [2.45, 2.75) is 90.9 Å². The number of carboxylic acids is 2. The number of aliphatic hydroxyl groups excluding tert-OH is 2. The molecule has 0 aromatic rings. The summed E-state index contributed by atoms with van der Waals surface area (Å²) in [7, 11) is 0. The minimum atomic E-state index is -0.670. The number of unbranched alkanes of at least 4 members (excludes halogenated alkanes) is 8. The van der Waals surface area contributed by atoms with Gasteiger partial charge in [-0.1, -0.05) is 65.2 Å². The first-order chi connectivity index (χ1) is 16.0. The largest absolute Gasteiger partial charge is 0.481 e. The van der Waals surface area contributed by atoms with Crippen LogP contribution >= 0.6 is 0 Å². The lowest BCUT2D eigenvalue weighted by Crippen LogP contribution is -2.11. The zero-order valence-electron chi connectivity index (χ0n) is 21.0. The molecule has 0 heterocycles. The highest BCUT2D eigenvalue weighted by molar-refractivity contribution is 5.66. The number of hydrogen-bond donors (Lipinski definition) is 4. The molecule has 0 aliphatic rings. The van der Waals surface area contributed by atoms with Gasteiger partial charge < -0.3 is 34.6 Å². The second-order valence-corrected chi connectivity index (χ2v) is 7.40. The molecule has 200 valence electrons. The normalized spacial score (nSPS) is 10.1. The third-order valence-electron chi connectivity index (χ3n) is 4.20. The van der Waals surface area contributed by atoms with Crippen LogP contribution in [0.3, 0.4) is 0 Å². The summed E-state index contributed by atoms with van der Waals surface area (Å²) in [5, 5.41) is 33.3. The molecule has 4 N–H and O–H groups in total. The topological polar surface area (TPSA) is 143 Å². The fraction of sp³-hybridized carbons (Fsp3) is 0.917. The van der Waals surface area contributed by atoms with E-state index in [0.29, 0.717) is 52.5 Å². The summed E-state index contributed by atoms with van der Waals surface area (Å²) in [6.07, 6.45) is 11.8. The highest BCUT2D eigenvalue weighted by Crippen LogP contribution is 2.04. The van der Waals surface area contributed by atoms with Gasteiger partial charge in [-0.05, 0) is 12.8 Å². The van der Waals surface area contributed by atoms with E-state index in [-0.39, 0.29) is 13.2 Å². The highest BCUT2D eigenvalue weighted by Gasteiger charge is 1.95. The zero-order chi connectivity index (χ0) is 25.4. The molecule has 0 amide bonds. The predicted octanol–water partition coefficient (Wildman–Crippen LogP) is 3.88. The Morgan fingerprint density at radius 2 is 0.818 bits per heavy atom. The first-order valence-electron chi connectivity index (χ1n) is 12.3. The smallest absolute Gasteiger partial charge is 0.303 e. The van der Waals surface area contributed by atoms with Crippen LogP contribution in [0.15, 0.2) is 0 Å². The van der Waals surface area contributed by atoms with Gasteiger partial charge in [0.15, 0.2) is 0 Å². The van der Waals surface area contributed by atoms with Crippen molar-refractivity contribution in [3.63, 3.8) is 0 Å². The Morgan fingerprint density at radius 1 is 0.515 bits per heavy atom. The minimum Gasteiger partial charge on any atom is -0.481 e. The molecule has 9 nitrogen and oxygen atoms in total. The van der Waals surface area contributed by atoms with E-state index >= 15 is 0 Å². The van der Waals surface area contributed by atoms with Crippen molar-refractivity contribution in [1.82, 2.24) is 0 Å². The lowest BCUT2D eigenvalue weighted by molar-refractivity contribution is -0.138. The van der Waals surface area contributed by atoms with Crippen LogP contribution in [0.1, 0.15) is 90.9 Å². The molecular weight excluding hydrogens is 432 g/mol. The second kappa shape index (κ2) is 35.3. The molecule has 9 heteroatoms. The predicted molar refractivity (Wildman–Crippen MR) is 129 cm³/mol. The van der Waals surface area contributed by atoms with Gasteiger partial charge in [0.2, 0.25) is 0 Å². The maximum absolute atomic E-state index is 10.0. The van der Waals surface area contributed by atoms with Crippen LogP contribution < -0.4 is 0 Å². The fourth-order valence-electron chi connectivity index (χ4n) is 2.43. The Balaban J connectivity index is -0.000000415. The average molecular weight is 483 g/mol. The van der Waals surface area contributed by atoms with Crippen LogP contribution in [0.5, 0.6) is 0 Å². The number of ether oxygens (including phenoxy) is 3. The minimum absolute atomic E-state index is 0.0413. The number of aliphatic hydroxyl groups is 2. The molecule has 0 aliphatic carbocycles. The first-order valence-corrected chi connectivity index (χ1v) is 12.3. The number of hydrogen-bond acceptors (Lipinski definition) is 7. The summed E-state index contributed by atoms with van der Waals surface area (Å²) >= 11 is 0. The molecule has 0 saturated heterocycles. The number of carboxylic acid groups (broad SMARTS) is 2. The monoisotopic (exact) mass is 482 g/mol. The van der Waals surface area contributed by atoms with E-state index in [2.05, 4.69) is 13.8 Å². The van der Waals surface area contributed by atoms with Crippen LogP contribution in [0.2, 0.25) is 0 Å². The third kappa shape index (κ3) is 49.1. The average Bonchev–Trinajstić information content (AvgIpc) is 2.78. The van der Waals surface area contributed by atoms with E-state index in [1.807, 2.05) is 0 Å². The number of carbonyl (C=O) groups is 2. The Morgan fingerprint density at radius 3 is 1.09 bits per heavy atom. The molecule has 0 aliphatic heterocycles. The van der Waals surface area contributed by atoms with Gasteiger partial charge in [-0.2, -0.15) is 0 Å². The quantitative estimate of drug-likeness (QED) is 0.169. The molecule has 0 aromatic heterocycles. The van der Waals surface area contributed by atoms with Crippen LogP contribution in [0.25, 0.3) is 0 Å². The molecule has 0 unspecified atom stereocenters. The molecule has 0 fully saturated rings. The summed E-state index contributed by atoms with van der Waals surface area (Å²) in [6, 6.07) is 0. The summed E-state index contributed by atoms with van der Waals surface area (Å²) in [4.78, 5) is 20.1. The molecule has 0 bridgehead atoms. The van der Waals surface area contributed by atoms with Gasteiger partial charge in [-0.3, -0.25) is 9.59 Å². The molecule has 0 radical (unpaired) electrons. The van der Waals surface area contributed by atoms with Crippen molar-refractivity contribution >= 4 is 11.9 Å². The van der Waals surface area contributed by atoms with Gasteiger partial charge in [-0.15, -0.1) is 0 Å². The molecule has 0 spiro atoms. The van der Waals surface area contributed by atoms with Crippen molar-refractivity contribution in [2.24, 2.45) is 0 Å². The molecule has 0 rings (SSSR count). The highest BCUT2D eigenvalue weighted by atomic mass is 16.5. The molecular formula is C24H50O9. The van der Waals surface area contributed by atoms with Crippen LogP contribution in [0.4, 0.5) is 0 Å². The van der Waals surface area contributed by atoms with Crippen molar-refractivity contribution in [3.05, 3.63) is 0 Å². The molecule has 33 heavy (non-hydrogen) atoms. The fourth-order valence-corrected chi connectivity index (χ4v) is 2.43. The number of aliphatic carboxylic acids is 2. The summed E-state index contributed by atoms with van der Waals surface area (Å²) in [5.74, 6) is -1.34. The lowest BCUT2D eigenvalue weighted by Gasteiger charge is -2.04. The number of rotatable bonds is 22. The van der Waals surface area contributed by atoms with E-state index in [0.717, 1.165) is 25.7 Å². The van der Waals surface area contributed by atoms with Crippen LogP contribution in [-0.4, -0.2) is 85.2 Å². The third-order valence-corrected chi connectivity index (χ3v) is 4.20. The Hall–Kier alpha value is -1.26. The molecule has 0 saturated carbocycles. The standard InChI is InChI=1S/C8H18O5.2C8H16O2/c9-1-3-11-5-7-13-8-6-12-4-2-10;2*1-2-3-4-5-6-7-8(9)10/h9-10H,1-8H2;2*2-7H2,1H3,(H,9,10). The van der Waals surface area contributed by atoms with Crippen molar-refractivity contribution in [1.29, 1.82) is 0 Å². The Labute approximate surface area is 200 Å². The van der Waals surface area contributed by atoms with Gasteiger partial charge in [0, 0.05) is 12.8 Å². The van der Waals surface area contributed by atoms with Gasteiger partial charge in [-0.25, -0.2) is 0 Å².